The minimum Gasteiger partial charge on any atom is -0.360 e. The van der Waals surface area contributed by atoms with Crippen molar-refractivity contribution < 1.29 is 17.3 Å². The van der Waals surface area contributed by atoms with E-state index in [1.165, 1.54) is 12.1 Å². The lowest BCUT2D eigenvalue weighted by Crippen LogP contribution is -2.00. The second kappa shape index (κ2) is 6.38. The topological polar surface area (TPSA) is 60.2 Å². The summed E-state index contributed by atoms with van der Waals surface area (Å²) >= 11 is 3.49. The van der Waals surface area contributed by atoms with Crippen molar-refractivity contribution in [3.05, 3.63) is 58.0 Å². The van der Waals surface area contributed by atoms with E-state index in [-0.39, 0.29) is 4.90 Å². The summed E-state index contributed by atoms with van der Waals surface area (Å²) in [7, 11) is -3.62. The average Bonchev–Trinajstić information content (AvgIpc) is 2.90. The van der Waals surface area contributed by atoms with E-state index < -0.39 is 15.7 Å². The molecule has 0 saturated heterocycles. The van der Waals surface area contributed by atoms with Gasteiger partial charge in [-0.3, -0.25) is 0 Å². The summed E-state index contributed by atoms with van der Waals surface area (Å²) in [4.78, 5) is -0.329. The molecule has 0 bridgehead atoms. The van der Waals surface area contributed by atoms with Crippen LogP contribution in [0.25, 0.3) is 22.4 Å². The summed E-state index contributed by atoms with van der Waals surface area (Å²) in [6.07, 6.45) is 0.977. The van der Waals surface area contributed by atoms with Gasteiger partial charge in [0.05, 0.1) is 5.56 Å². The first-order chi connectivity index (χ1) is 11.7. The van der Waals surface area contributed by atoms with Crippen molar-refractivity contribution in [3.63, 3.8) is 0 Å². The van der Waals surface area contributed by atoms with Crippen LogP contribution >= 0.6 is 15.9 Å². The van der Waals surface area contributed by atoms with Crippen LogP contribution in [0, 0.1) is 19.7 Å². The van der Waals surface area contributed by atoms with E-state index in [0.29, 0.717) is 22.6 Å². The Morgan fingerprint density at radius 2 is 1.76 bits per heavy atom. The van der Waals surface area contributed by atoms with Crippen LogP contribution in [0.15, 0.2) is 50.3 Å². The summed E-state index contributed by atoms with van der Waals surface area (Å²) in [6, 6.07) is 9.79. The van der Waals surface area contributed by atoms with Crippen LogP contribution in [0.2, 0.25) is 0 Å². The molecule has 0 N–H and O–H groups in total. The second-order valence-corrected chi connectivity index (χ2v) is 8.68. The zero-order chi connectivity index (χ0) is 18.4. The Hall–Kier alpha value is -1.99. The molecule has 0 aliphatic carbocycles. The Morgan fingerprint density at radius 1 is 1.08 bits per heavy atom. The minimum atomic E-state index is -3.62. The number of aromatic nitrogens is 1. The largest absolute Gasteiger partial charge is 0.360 e. The molecule has 1 aromatic heterocycles. The number of rotatable bonds is 3. The molecule has 1 heterocycles. The Labute approximate surface area is 153 Å². The first-order valence-corrected chi connectivity index (χ1v) is 10.1. The highest BCUT2D eigenvalue weighted by atomic mass is 79.9. The molecular formula is C18H15BrFNO3S. The first-order valence-electron chi connectivity index (χ1n) is 7.41. The van der Waals surface area contributed by atoms with Gasteiger partial charge in [0.25, 0.3) is 0 Å². The first kappa shape index (κ1) is 17.8. The van der Waals surface area contributed by atoms with Crippen LogP contribution in [0.5, 0.6) is 0 Å². The molecule has 2 aromatic carbocycles. The van der Waals surface area contributed by atoms with Crippen molar-refractivity contribution in [2.45, 2.75) is 18.7 Å². The van der Waals surface area contributed by atoms with Gasteiger partial charge in [0.2, 0.25) is 0 Å². The molecule has 0 spiro atoms. The van der Waals surface area contributed by atoms with E-state index in [1.54, 1.807) is 13.0 Å². The molecule has 0 radical (unpaired) electrons. The lowest BCUT2D eigenvalue weighted by Gasteiger charge is -2.07. The van der Waals surface area contributed by atoms with Gasteiger partial charge < -0.3 is 4.52 Å². The highest BCUT2D eigenvalue weighted by Gasteiger charge is 2.20. The normalized spacial score (nSPS) is 11.7. The van der Waals surface area contributed by atoms with Crippen LogP contribution in [-0.4, -0.2) is 19.8 Å². The fourth-order valence-electron chi connectivity index (χ4n) is 2.61. The predicted molar refractivity (Wildman–Crippen MR) is 97.6 cm³/mol. The van der Waals surface area contributed by atoms with E-state index in [4.69, 9.17) is 4.52 Å². The Morgan fingerprint density at radius 3 is 2.36 bits per heavy atom. The van der Waals surface area contributed by atoms with Gasteiger partial charge in [-0.2, -0.15) is 0 Å². The van der Waals surface area contributed by atoms with Crippen molar-refractivity contribution >= 4 is 25.8 Å². The highest BCUT2D eigenvalue weighted by molar-refractivity contribution is 9.10. The van der Waals surface area contributed by atoms with Crippen LogP contribution in [0.4, 0.5) is 4.39 Å². The van der Waals surface area contributed by atoms with Crippen LogP contribution in [0.1, 0.15) is 11.3 Å². The Kier molecular flexibility index (Phi) is 4.55. The van der Waals surface area contributed by atoms with Crippen molar-refractivity contribution in [2.75, 3.05) is 6.26 Å². The lowest BCUT2D eigenvalue weighted by molar-refractivity contribution is 0.400. The Balaban J connectivity index is 2.17. The molecule has 7 heteroatoms. The molecule has 0 aliphatic rings. The van der Waals surface area contributed by atoms with Gasteiger partial charge in [-0.1, -0.05) is 39.3 Å². The van der Waals surface area contributed by atoms with Crippen LogP contribution in [-0.2, 0) is 9.84 Å². The maximum atomic E-state index is 14.3. The van der Waals surface area contributed by atoms with E-state index in [1.807, 2.05) is 25.1 Å². The predicted octanol–water partition coefficient (Wildman–Crippen LogP) is 4.93. The van der Waals surface area contributed by atoms with Gasteiger partial charge in [0, 0.05) is 16.3 Å². The number of aryl methyl sites for hydroxylation is 2. The van der Waals surface area contributed by atoms with Gasteiger partial charge in [-0.05, 0) is 43.2 Å². The summed E-state index contributed by atoms with van der Waals surface area (Å²) in [5, 5.41) is 4.10. The third-order valence-corrected chi connectivity index (χ3v) is 5.91. The third-order valence-electron chi connectivity index (χ3n) is 3.93. The van der Waals surface area contributed by atoms with E-state index >= 15 is 0 Å². The number of nitrogens with zero attached hydrogens (tertiary/aromatic N) is 1. The molecule has 0 amide bonds. The molecule has 0 atom stereocenters. The number of sulfone groups is 1. The standard InChI is InChI=1S/C18H15BrFNO3S/c1-10-4-5-13(8-14(10)19)18-17(11(2)24-21-18)12-6-7-16(15(20)9-12)25(3,22)23/h4-9H,1-3H3. The molecule has 0 saturated carbocycles. The maximum absolute atomic E-state index is 14.3. The average molecular weight is 424 g/mol. The SMILES string of the molecule is Cc1ccc(-c2noc(C)c2-c2ccc(S(C)(=O)=O)c(F)c2)cc1Br. The molecular weight excluding hydrogens is 409 g/mol. The highest BCUT2D eigenvalue weighted by Crippen LogP contribution is 2.36. The van der Waals surface area contributed by atoms with Crippen LogP contribution in [0.3, 0.4) is 0 Å². The molecule has 3 rings (SSSR count). The monoisotopic (exact) mass is 423 g/mol. The van der Waals surface area contributed by atoms with E-state index in [9.17, 15) is 12.8 Å². The summed E-state index contributed by atoms with van der Waals surface area (Å²) in [6.45, 7) is 3.71. The number of halogens is 2. The molecule has 0 aliphatic heterocycles. The van der Waals surface area contributed by atoms with Crippen molar-refractivity contribution in [2.24, 2.45) is 0 Å². The third kappa shape index (κ3) is 3.39. The number of benzene rings is 2. The van der Waals surface area contributed by atoms with Gasteiger partial charge in [-0.15, -0.1) is 0 Å². The van der Waals surface area contributed by atoms with E-state index in [0.717, 1.165) is 21.9 Å². The van der Waals surface area contributed by atoms with Crippen LogP contribution < -0.4 is 0 Å². The lowest BCUT2D eigenvalue weighted by atomic mass is 9.99. The summed E-state index contributed by atoms with van der Waals surface area (Å²) < 4.78 is 43.7. The second-order valence-electron chi connectivity index (χ2n) is 5.84. The molecule has 130 valence electrons. The van der Waals surface area contributed by atoms with Gasteiger partial charge in [0.15, 0.2) is 9.84 Å². The van der Waals surface area contributed by atoms with Crippen molar-refractivity contribution in [1.82, 2.24) is 5.16 Å². The Bertz CT molecular complexity index is 1070. The minimum absolute atomic E-state index is 0.329. The van der Waals surface area contributed by atoms with Crippen molar-refractivity contribution in [1.29, 1.82) is 0 Å². The summed E-state index contributed by atoms with van der Waals surface area (Å²) in [5.41, 5.74) is 3.61. The zero-order valence-corrected chi connectivity index (χ0v) is 16.2. The number of hydrogen-bond donors (Lipinski definition) is 0. The maximum Gasteiger partial charge on any atom is 0.178 e. The van der Waals surface area contributed by atoms with Crippen molar-refractivity contribution in [3.8, 4) is 22.4 Å². The van der Waals surface area contributed by atoms with E-state index in [2.05, 4.69) is 21.1 Å². The summed E-state index contributed by atoms with van der Waals surface area (Å²) in [5.74, 6) is -0.269. The van der Waals surface area contributed by atoms with Gasteiger partial charge >= 0.3 is 0 Å². The molecule has 3 aromatic rings. The van der Waals surface area contributed by atoms with Gasteiger partial charge in [0.1, 0.15) is 22.2 Å². The molecule has 25 heavy (non-hydrogen) atoms. The van der Waals surface area contributed by atoms with Gasteiger partial charge in [-0.25, -0.2) is 12.8 Å². The number of hydrogen-bond acceptors (Lipinski definition) is 4. The smallest absolute Gasteiger partial charge is 0.178 e. The zero-order valence-electron chi connectivity index (χ0n) is 13.8. The molecule has 4 nitrogen and oxygen atoms in total. The fourth-order valence-corrected chi connectivity index (χ4v) is 3.71. The molecule has 0 unspecified atom stereocenters. The quantitative estimate of drug-likeness (QED) is 0.598. The fraction of sp³-hybridized carbons (Fsp3) is 0.167. The molecule has 0 fully saturated rings.